The van der Waals surface area contributed by atoms with Crippen LogP contribution >= 0.6 is 0 Å². The van der Waals surface area contributed by atoms with Crippen molar-refractivity contribution in [1.82, 2.24) is 14.7 Å². The molecule has 2 N–H and O–H groups in total. The van der Waals surface area contributed by atoms with Gasteiger partial charge in [-0.1, -0.05) is 30.3 Å². The van der Waals surface area contributed by atoms with Crippen molar-refractivity contribution < 1.29 is 32.7 Å². The van der Waals surface area contributed by atoms with Crippen LogP contribution in [0.4, 0.5) is 0 Å². The molecule has 0 spiro atoms. The number of carbonyl (C=O) groups is 3. The molecule has 190 valence electrons. The van der Waals surface area contributed by atoms with Gasteiger partial charge >= 0.3 is 0 Å². The lowest BCUT2D eigenvalue weighted by Crippen LogP contribution is -2.61. The summed E-state index contributed by atoms with van der Waals surface area (Å²) in [6.07, 6.45) is 0. The summed E-state index contributed by atoms with van der Waals surface area (Å²) in [5, 5.41) is 9.29. The van der Waals surface area contributed by atoms with Crippen LogP contribution in [0.5, 0.6) is 5.75 Å². The first-order chi connectivity index (χ1) is 17.8. The van der Waals surface area contributed by atoms with Crippen LogP contribution in [-0.4, -0.2) is 73.2 Å². The number of amides is 2. The minimum atomic E-state index is -4.13. The van der Waals surface area contributed by atoms with Crippen LogP contribution < -0.4 is 10.2 Å². The molecule has 1 unspecified atom stereocenters. The summed E-state index contributed by atoms with van der Waals surface area (Å²) < 4.78 is 32.7. The van der Waals surface area contributed by atoms with Crippen molar-refractivity contribution in [2.24, 2.45) is 0 Å². The fourth-order valence-electron chi connectivity index (χ4n) is 4.75. The number of nitrogens with zero attached hydrogens (tertiary/aromatic N) is 2. The average molecular weight is 522 g/mol. The highest BCUT2D eigenvalue weighted by molar-refractivity contribution is 7.89. The van der Waals surface area contributed by atoms with Crippen molar-refractivity contribution in [2.75, 3.05) is 26.7 Å². The van der Waals surface area contributed by atoms with Gasteiger partial charge in [0.05, 0.1) is 12.0 Å². The molecule has 5 rings (SSSR count). The van der Waals surface area contributed by atoms with E-state index in [-0.39, 0.29) is 35.9 Å². The maximum atomic E-state index is 13.4. The lowest BCUT2D eigenvalue weighted by Gasteiger charge is -2.39. The van der Waals surface area contributed by atoms with Crippen LogP contribution in [0.25, 0.3) is 11.1 Å². The fraction of sp³-hybridized carbons (Fsp3) is 0.192. The lowest BCUT2D eigenvalue weighted by molar-refractivity contribution is -0.134. The Labute approximate surface area is 213 Å². The van der Waals surface area contributed by atoms with Crippen LogP contribution in [0.2, 0.25) is 0 Å². The van der Waals surface area contributed by atoms with Crippen molar-refractivity contribution in [3.05, 3.63) is 83.4 Å². The van der Waals surface area contributed by atoms with Gasteiger partial charge in [0.2, 0.25) is 10.0 Å². The number of ether oxygens (including phenoxy) is 1. The van der Waals surface area contributed by atoms with E-state index in [1.807, 2.05) is 12.1 Å². The van der Waals surface area contributed by atoms with Gasteiger partial charge in [-0.2, -0.15) is 4.31 Å². The van der Waals surface area contributed by atoms with Crippen LogP contribution in [0.3, 0.4) is 0 Å². The number of rotatable bonds is 5. The third-order valence-corrected chi connectivity index (χ3v) is 8.59. The predicted octanol–water partition coefficient (Wildman–Crippen LogP) is 1.93. The van der Waals surface area contributed by atoms with Gasteiger partial charge in [-0.25, -0.2) is 13.9 Å². The second kappa shape index (κ2) is 9.43. The largest absolute Gasteiger partial charge is 0.497 e. The number of hydrogen-bond donors (Lipinski definition) is 2. The Bertz CT molecular complexity index is 1520. The van der Waals surface area contributed by atoms with E-state index in [2.05, 4.69) is 0 Å². The monoisotopic (exact) mass is 521 g/mol. The summed E-state index contributed by atoms with van der Waals surface area (Å²) in [5.41, 5.74) is 4.28. The zero-order valence-electron chi connectivity index (χ0n) is 19.7. The molecule has 2 aliphatic rings. The van der Waals surface area contributed by atoms with Gasteiger partial charge in [0.15, 0.2) is 5.78 Å². The maximum absolute atomic E-state index is 13.4. The summed E-state index contributed by atoms with van der Waals surface area (Å²) in [7, 11) is -2.67. The Hall–Kier alpha value is -4.06. The maximum Gasteiger partial charge on any atom is 0.263 e. The molecule has 0 saturated carbocycles. The molecule has 1 atom stereocenters. The number of fused-ring (bicyclic) bond motifs is 3. The Morgan fingerprint density at radius 3 is 2.30 bits per heavy atom. The Kier molecular flexibility index (Phi) is 6.28. The molecule has 1 fully saturated rings. The highest BCUT2D eigenvalue weighted by Gasteiger charge is 2.41. The molecule has 1 aliphatic carbocycles. The first kappa shape index (κ1) is 24.6. The quantitative estimate of drug-likeness (QED) is 0.303. The number of hydrogen-bond acceptors (Lipinski definition) is 7. The predicted molar refractivity (Wildman–Crippen MR) is 132 cm³/mol. The Morgan fingerprint density at radius 2 is 1.62 bits per heavy atom. The smallest absolute Gasteiger partial charge is 0.263 e. The number of piperazine rings is 1. The van der Waals surface area contributed by atoms with Gasteiger partial charge in [-0.15, -0.1) is 0 Å². The molecule has 0 bridgehead atoms. The van der Waals surface area contributed by atoms with E-state index in [9.17, 15) is 28.0 Å². The summed E-state index contributed by atoms with van der Waals surface area (Å²) in [6.45, 7) is -0.450. The standard InChI is InChI=1S/C26H23N3O7S/c1-36-17-7-9-18(10-8-17)37(34,35)29-13-12-28(15-23(29)25(31)27-33)26(32)16-6-11-20-19-4-2-3-5-21(19)24(30)22(20)14-16/h2-11,14,23,33H,12-13,15H2,1H3,(H,27,31). The molecule has 3 aromatic carbocycles. The molecule has 0 aromatic heterocycles. The zero-order valence-corrected chi connectivity index (χ0v) is 20.6. The van der Waals surface area contributed by atoms with Gasteiger partial charge in [0.1, 0.15) is 11.8 Å². The minimum Gasteiger partial charge on any atom is -0.497 e. The first-order valence-electron chi connectivity index (χ1n) is 11.4. The topological polar surface area (TPSA) is 133 Å². The molecule has 1 saturated heterocycles. The van der Waals surface area contributed by atoms with Crippen molar-refractivity contribution in [3.8, 4) is 16.9 Å². The van der Waals surface area contributed by atoms with Crippen LogP contribution in [-0.2, 0) is 14.8 Å². The molecule has 3 aromatic rings. The van der Waals surface area contributed by atoms with Crippen LogP contribution in [0.15, 0.2) is 71.6 Å². The lowest BCUT2D eigenvalue weighted by atomic mass is 10.0. The van der Waals surface area contributed by atoms with Crippen LogP contribution in [0.1, 0.15) is 26.3 Å². The Morgan fingerprint density at radius 1 is 0.946 bits per heavy atom. The normalized spacial score (nSPS) is 17.2. The fourth-order valence-corrected chi connectivity index (χ4v) is 6.32. The van der Waals surface area contributed by atoms with E-state index in [4.69, 9.17) is 4.74 Å². The highest BCUT2D eigenvalue weighted by Crippen LogP contribution is 2.37. The number of ketones is 1. The van der Waals surface area contributed by atoms with Gasteiger partial charge in [-0.3, -0.25) is 19.6 Å². The molecule has 0 radical (unpaired) electrons. The third kappa shape index (κ3) is 4.16. The first-order valence-corrected chi connectivity index (χ1v) is 12.9. The molecular formula is C26H23N3O7S. The zero-order chi connectivity index (χ0) is 26.3. The van der Waals surface area contributed by atoms with Gasteiger partial charge < -0.3 is 9.64 Å². The molecule has 10 nitrogen and oxygen atoms in total. The second-order valence-electron chi connectivity index (χ2n) is 8.67. The minimum absolute atomic E-state index is 0.00861. The van der Waals surface area contributed by atoms with E-state index in [0.717, 1.165) is 15.4 Å². The highest BCUT2D eigenvalue weighted by atomic mass is 32.2. The van der Waals surface area contributed by atoms with Crippen molar-refractivity contribution in [3.63, 3.8) is 0 Å². The molecule has 11 heteroatoms. The average Bonchev–Trinajstić information content (AvgIpc) is 3.23. The van der Waals surface area contributed by atoms with Gasteiger partial charge in [-0.05, 0) is 47.5 Å². The Balaban J connectivity index is 1.41. The van der Waals surface area contributed by atoms with Crippen molar-refractivity contribution >= 4 is 27.6 Å². The number of hydroxylamine groups is 1. The molecule has 1 heterocycles. The third-order valence-electron chi connectivity index (χ3n) is 6.67. The second-order valence-corrected chi connectivity index (χ2v) is 10.6. The summed E-state index contributed by atoms with van der Waals surface area (Å²) >= 11 is 0. The van der Waals surface area contributed by atoms with Gasteiger partial charge in [0.25, 0.3) is 11.8 Å². The van der Waals surface area contributed by atoms with Gasteiger partial charge in [0, 0.05) is 36.3 Å². The summed E-state index contributed by atoms with van der Waals surface area (Å²) in [4.78, 5) is 40.0. The van der Waals surface area contributed by atoms with E-state index < -0.39 is 27.9 Å². The SMILES string of the molecule is COc1ccc(S(=O)(=O)N2CCN(C(=O)c3ccc4c(c3)C(=O)c3ccccc3-4)CC2C(=O)NO)cc1. The van der Waals surface area contributed by atoms with Crippen LogP contribution in [0, 0.1) is 0 Å². The van der Waals surface area contributed by atoms with Crippen molar-refractivity contribution in [2.45, 2.75) is 10.9 Å². The molecule has 1 aliphatic heterocycles. The van der Waals surface area contributed by atoms with E-state index in [1.54, 1.807) is 24.3 Å². The number of benzene rings is 3. The molecular weight excluding hydrogens is 498 g/mol. The molecule has 37 heavy (non-hydrogen) atoms. The number of nitrogens with one attached hydrogen (secondary N) is 1. The van der Waals surface area contributed by atoms with E-state index in [0.29, 0.717) is 16.9 Å². The van der Waals surface area contributed by atoms with E-state index >= 15 is 0 Å². The number of methoxy groups -OCH3 is 1. The number of sulfonamides is 1. The van der Waals surface area contributed by atoms with E-state index in [1.165, 1.54) is 47.8 Å². The molecule has 2 amide bonds. The van der Waals surface area contributed by atoms with Crippen molar-refractivity contribution in [1.29, 1.82) is 0 Å². The summed E-state index contributed by atoms with van der Waals surface area (Å²) in [6, 6.07) is 16.4. The number of carbonyl (C=O) groups excluding carboxylic acids is 3. The summed E-state index contributed by atoms with van der Waals surface area (Å²) in [5.74, 6) is -1.12.